The van der Waals surface area contributed by atoms with Crippen LogP contribution in [0.5, 0.6) is 5.75 Å². The lowest BCUT2D eigenvalue weighted by molar-refractivity contribution is 0.0942. The van der Waals surface area contributed by atoms with Crippen molar-refractivity contribution in [1.29, 1.82) is 0 Å². The van der Waals surface area contributed by atoms with Crippen LogP contribution in [0.3, 0.4) is 0 Å². The van der Waals surface area contributed by atoms with E-state index < -0.39 is 0 Å². The molecule has 2 aromatic rings. The summed E-state index contributed by atoms with van der Waals surface area (Å²) in [5, 5.41) is 2.71. The molecule has 5 nitrogen and oxygen atoms in total. The molecule has 19 heavy (non-hydrogen) atoms. The summed E-state index contributed by atoms with van der Waals surface area (Å²) in [4.78, 5) is 15.7. The van der Waals surface area contributed by atoms with Crippen LogP contribution in [0.1, 0.15) is 10.5 Å². The van der Waals surface area contributed by atoms with Crippen molar-refractivity contribution in [2.75, 3.05) is 18.9 Å². The second-order valence-corrected chi connectivity index (χ2v) is 3.89. The van der Waals surface area contributed by atoms with Gasteiger partial charge in [0, 0.05) is 11.9 Å². The Kier molecular flexibility index (Phi) is 4.34. The van der Waals surface area contributed by atoms with Crippen LogP contribution in [-0.4, -0.2) is 24.0 Å². The number of rotatable bonds is 5. The van der Waals surface area contributed by atoms with Crippen LogP contribution in [0.25, 0.3) is 0 Å². The molecule has 0 aliphatic rings. The predicted octanol–water partition coefficient (Wildman–Crippen LogP) is 1.47. The lowest BCUT2D eigenvalue weighted by Gasteiger charge is -2.07. The quantitative estimate of drug-likeness (QED) is 0.795. The second kappa shape index (κ2) is 6.39. The summed E-state index contributed by atoms with van der Waals surface area (Å²) < 4.78 is 5.46. The molecular formula is C14H15N3O2. The van der Waals surface area contributed by atoms with Gasteiger partial charge >= 0.3 is 0 Å². The molecule has 0 radical (unpaired) electrons. The molecule has 3 N–H and O–H groups in total. The van der Waals surface area contributed by atoms with E-state index in [2.05, 4.69) is 10.3 Å². The molecule has 0 saturated heterocycles. The SMILES string of the molecule is Nc1ccnc(C(=O)NCCOc2ccccc2)c1. The molecule has 2 rings (SSSR count). The number of nitrogens with two attached hydrogens (primary N) is 1. The Morgan fingerprint density at radius 1 is 1.26 bits per heavy atom. The summed E-state index contributed by atoms with van der Waals surface area (Å²) in [6.45, 7) is 0.808. The Balaban J connectivity index is 1.75. The molecule has 0 spiro atoms. The molecule has 98 valence electrons. The Bertz CT molecular complexity index is 543. The zero-order chi connectivity index (χ0) is 13.5. The third-order valence-corrected chi connectivity index (χ3v) is 2.42. The Morgan fingerprint density at radius 2 is 2.05 bits per heavy atom. The maximum atomic E-state index is 11.7. The zero-order valence-corrected chi connectivity index (χ0v) is 10.4. The Morgan fingerprint density at radius 3 is 2.79 bits per heavy atom. The predicted molar refractivity (Wildman–Crippen MR) is 72.9 cm³/mol. The van der Waals surface area contributed by atoms with E-state index in [9.17, 15) is 4.79 Å². The van der Waals surface area contributed by atoms with Gasteiger partial charge in [-0.3, -0.25) is 9.78 Å². The van der Waals surface area contributed by atoms with Crippen molar-refractivity contribution < 1.29 is 9.53 Å². The normalized spacial score (nSPS) is 9.89. The number of nitrogens with zero attached hydrogens (tertiary/aromatic N) is 1. The molecule has 0 unspecified atom stereocenters. The van der Waals surface area contributed by atoms with E-state index in [0.717, 1.165) is 5.75 Å². The number of anilines is 1. The van der Waals surface area contributed by atoms with Gasteiger partial charge in [-0.05, 0) is 24.3 Å². The van der Waals surface area contributed by atoms with Crippen LogP contribution in [0.2, 0.25) is 0 Å². The highest BCUT2D eigenvalue weighted by molar-refractivity contribution is 5.92. The Labute approximate surface area is 111 Å². The summed E-state index contributed by atoms with van der Waals surface area (Å²) in [6.07, 6.45) is 1.50. The van der Waals surface area contributed by atoms with E-state index in [4.69, 9.17) is 10.5 Å². The van der Waals surface area contributed by atoms with Crippen molar-refractivity contribution in [2.24, 2.45) is 0 Å². The van der Waals surface area contributed by atoms with Crippen LogP contribution < -0.4 is 15.8 Å². The summed E-state index contributed by atoms with van der Waals surface area (Å²) in [5.74, 6) is 0.516. The summed E-state index contributed by atoms with van der Waals surface area (Å²) >= 11 is 0. The number of nitrogens with one attached hydrogen (secondary N) is 1. The molecule has 1 aromatic heterocycles. The number of hydrogen-bond acceptors (Lipinski definition) is 4. The lowest BCUT2D eigenvalue weighted by Crippen LogP contribution is -2.28. The van der Waals surface area contributed by atoms with Gasteiger partial charge in [-0.1, -0.05) is 18.2 Å². The van der Waals surface area contributed by atoms with Crippen LogP contribution in [-0.2, 0) is 0 Å². The molecule has 0 fully saturated rings. The largest absolute Gasteiger partial charge is 0.492 e. The van der Waals surface area contributed by atoms with Gasteiger partial charge in [0.05, 0.1) is 6.54 Å². The molecule has 1 amide bonds. The molecule has 0 saturated carbocycles. The molecule has 5 heteroatoms. The van der Waals surface area contributed by atoms with Gasteiger partial charge in [0.25, 0.3) is 5.91 Å². The first-order valence-electron chi connectivity index (χ1n) is 5.93. The van der Waals surface area contributed by atoms with Crippen LogP contribution in [0, 0.1) is 0 Å². The number of benzene rings is 1. The topological polar surface area (TPSA) is 77.2 Å². The van der Waals surface area contributed by atoms with Crippen molar-refractivity contribution in [1.82, 2.24) is 10.3 Å². The fraction of sp³-hybridized carbons (Fsp3) is 0.143. The number of hydrogen-bond donors (Lipinski definition) is 2. The maximum Gasteiger partial charge on any atom is 0.270 e. The highest BCUT2D eigenvalue weighted by Crippen LogP contribution is 2.07. The van der Waals surface area contributed by atoms with Gasteiger partial charge in [-0.15, -0.1) is 0 Å². The smallest absolute Gasteiger partial charge is 0.270 e. The van der Waals surface area contributed by atoms with Gasteiger partial charge in [-0.2, -0.15) is 0 Å². The highest BCUT2D eigenvalue weighted by atomic mass is 16.5. The van der Waals surface area contributed by atoms with Gasteiger partial charge in [0.2, 0.25) is 0 Å². The number of ether oxygens (including phenoxy) is 1. The van der Waals surface area contributed by atoms with Crippen LogP contribution >= 0.6 is 0 Å². The molecule has 0 bridgehead atoms. The molecular weight excluding hydrogens is 242 g/mol. The zero-order valence-electron chi connectivity index (χ0n) is 10.4. The minimum Gasteiger partial charge on any atom is -0.492 e. The third-order valence-electron chi connectivity index (χ3n) is 2.42. The lowest BCUT2D eigenvalue weighted by atomic mass is 10.3. The molecule has 1 aromatic carbocycles. The minimum absolute atomic E-state index is 0.260. The van der Waals surface area contributed by atoms with Crippen molar-refractivity contribution in [3.05, 3.63) is 54.4 Å². The van der Waals surface area contributed by atoms with Crippen molar-refractivity contribution in [3.63, 3.8) is 0 Å². The summed E-state index contributed by atoms with van der Waals surface area (Å²) in [5.41, 5.74) is 6.40. The number of carbonyl (C=O) groups is 1. The van der Waals surface area contributed by atoms with Crippen molar-refractivity contribution in [2.45, 2.75) is 0 Å². The summed E-state index contributed by atoms with van der Waals surface area (Å²) in [7, 11) is 0. The van der Waals surface area contributed by atoms with E-state index >= 15 is 0 Å². The maximum absolute atomic E-state index is 11.7. The fourth-order valence-electron chi connectivity index (χ4n) is 1.51. The van der Waals surface area contributed by atoms with E-state index in [1.807, 2.05) is 30.3 Å². The van der Waals surface area contributed by atoms with Gasteiger partial charge in [0.1, 0.15) is 18.1 Å². The molecule has 0 aliphatic heterocycles. The fourth-order valence-corrected chi connectivity index (χ4v) is 1.51. The molecule has 0 atom stereocenters. The molecule has 0 aliphatic carbocycles. The number of para-hydroxylation sites is 1. The third kappa shape index (κ3) is 3.99. The minimum atomic E-state index is -0.260. The molecule has 1 heterocycles. The number of nitrogen functional groups attached to an aromatic ring is 1. The average Bonchev–Trinajstić information content (AvgIpc) is 2.44. The number of pyridine rings is 1. The van der Waals surface area contributed by atoms with Gasteiger partial charge in [0.15, 0.2) is 0 Å². The summed E-state index contributed by atoms with van der Waals surface area (Å²) in [6, 6.07) is 12.6. The Hall–Kier alpha value is -2.56. The number of aromatic nitrogens is 1. The van der Waals surface area contributed by atoms with E-state index in [-0.39, 0.29) is 5.91 Å². The van der Waals surface area contributed by atoms with Crippen molar-refractivity contribution >= 4 is 11.6 Å². The second-order valence-electron chi connectivity index (χ2n) is 3.89. The average molecular weight is 257 g/mol. The number of amides is 1. The standard InChI is InChI=1S/C14H15N3O2/c15-11-6-7-16-13(10-11)14(18)17-8-9-19-12-4-2-1-3-5-12/h1-7,10H,8-9H2,(H2,15,16)(H,17,18). The van der Waals surface area contributed by atoms with Gasteiger partial charge in [-0.25, -0.2) is 0 Å². The van der Waals surface area contributed by atoms with E-state index in [0.29, 0.717) is 24.5 Å². The van der Waals surface area contributed by atoms with E-state index in [1.54, 1.807) is 6.07 Å². The van der Waals surface area contributed by atoms with Crippen LogP contribution in [0.15, 0.2) is 48.7 Å². The van der Waals surface area contributed by atoms with Crippen molar-refractivity contribution in [3.8, 4) is 5.75 Å². The van der Waals surface area contributed by atoms with Gasteiger partial charge < -0.3 is 15.8 Å². The monoisotopic (exact) mass is 257 g/mol. The van der Waals surface area contributed by atoms with E-state index in [1.165, 1.54) is 12.3 Å². The first-order chi connectivity index (χ1) is 9.25. The first-order valence-corrected chi connectivity index (χ1v) is 5.93. The van der Waals surface area contributed by atoms with Crippen LogP contribution in [0.4, 0.5) is 5.69 Å². The number of carbonyl (C=O) groups excluding carboxylic acids is 1. The first kappa shape index (κ1) is 12.9. The highest BCUT2D eigenvalue weighted by Gasteiger charge is 2.06.